The Morgan fingerprint density at radius 2 is 2.00 bits per heavy atom. The highest BCUT2D eigenvalue weighted by Gasteiger charge is 2.40. The van der Waals surface area contributed by atoms with E-state index in [1.54, 1.807) is 18.2 Å². The SMILES string of the molecule is CC1(COc2ccc([N+](=O)[O-])c3ccccc23)CO1. The highest BCUT2D eigenvalue weighted by atomic mass is 16.6. The quantitative estimate of drug-likeness (QED) is 0.481. The highest BCUT2D eigenvalue weighted by Crippen LogP contribution is 2.34. The number of nitro groups is 1. The zero-order chi connectivity index (χ0) is 13.5. The summed E-state index contributed by atoms with van der Waals surface area (Å²) in [5.41, 5.74) is -0.111. The first-order valence-electron chi connectivity index (χ1n) is 6.02. The zero-order valence-corrected chi connectivity index (χ0v) is 10.5. The Morgan fingerprint density at radius 1 is 1.32 bits per heavy atom. The van der Waals surface area contributed by atoms with Gasteiger partial charge in [0.1, 0.15) is 18.0 Å². The van der Waals surface area contributed by atoms with E-state index in [9.17, 15) is 10.1 Å². The molecule has 0 aliphatic carbocycles. The molecule has 0 bridgehead atoms. The van der Waals surface area contributed by atoms with Gasteiger partial charge in [-0.2, -0.15) is 0 Å². The van der Waals surface area contributed by atoms with Crippen molar-refractivity contribution in [3.63, 3.8) is 0 Å². The van der Waals surface area contributed by atoms with E-state index in [2.05, 4.69) is 0 Å². The molecule has 0 amide bonds. The van der Waals surface area contributed by atoms with Crippen molar-refractivity contribution in [1.29, 1.82) is 0 Å². The lowest BCUT2D eigenvalue weighted by atomic mass is 10.1. The number of ether oxygens (including phenoxy) is 2. The summed E-state index contributed by atoms with van der Waals surface area (Å²) in [6.45, 7) is 3.12. The van der Waals surface area contributed by atoms with Crippen molar-refractivity contribution in [2.75, 3.05) is 13.2 Å². The van der Waals surface area contributed by atoms with E-state index in [-0.39, 0.29) is 16.2 Å². The predicted molar refractivity (Wildman–Crippen MR) is 70.5 cm³/mol. The molecular weight excluding hydrogens is 246 g/mol. The zero-order valence-electron chi connectivity index (χ0n) is 10.5. The minimum atomic E-state index is -0.378. The molecule has 3 rings (SSSR count). The van der Waals surface area contributed by atoms with Crippen LogP contribution in [0.15, 0.2) is 36.4 Å². The predicted octanol–water partition coefficient (Wildman–Crippen LogP) is 2.92. The number of hydrogen-bond donors (Lipinski definition) is 0. The molecule has 2 aromatic rings. The van der Waals surface area contributed by atoms with Crippen LogP contribution in [0.3, 0.4) is 0 Å². The van der Waals surface area contributed by atoms with E-state index < -0.39 is 0 Å². The van der Waals surface area contributed by atoms with Gasteiger partial charge in [0.2, 0.25) is 0 Å². The first kappa shape index (κ1) is 11.9. The summed E-state index contributed by atoms with van der Waals surface area (Å²) in [5, 5.41) is 12.3. The molecule has 1 aliphatic rings. The molecule has 0 N–H and O–H groups in total. The van der Waals surface area contributed by atoms with Crippen LogP contribution >= 0.6 is 0 Å². The second-order valence-electron chi connectivity index (χ2n) is 4.91. The van der Waals surface area contributed by atoms with Crippen LogP contribution in [0.1, 0.15) is 6.92 Å². The third-order valence-electron chi connectivity index (χ3n) is 3.23. The van der Waals surface area contributed by atoms with Crippen molar-refractivity contribution in [2.24, 2.45) is 0 Å². The summed E-state index contributed by atoms with van der Waals surface area (Å²) < 4.78 is 11.0. The Hall–Kier alpha value is -2.14. The number of non-ortho nitro benzene ring substituents is 1. The topological polar surface area (TPSA) is 64.9 Å². The van der Waals surface area contributed by atoms with Gasteiger partial charge in [0.05, 0.1) is 16.9 Å². The van der Waals surface area contributed by atoms with Gasteiger partial charge in [-0.3, -0.25) is 10.1 Å². The molecule has 1 saturated heterocycles. The fourth-order valence-electron chi connectivity index (χ4n) is 1.98. The minimum absolute atomic E-state index is 0.0943. The first-order chi connectivity index (χ1) is 9.09. The maximum Gasteiger partial charge on any atom is 0.277 e. The third-order valence-corrected chi connectivity index (χ3v) is 3.23. The van der Waals surface area contributed by atoms with Crippen LogP contribution in [-0.2, 0) is 4.74 Å². The molecule has 0 saturated carbocycles. The number of epoxide rings is 1. The molecule has 19 heavy (non-hydrogen) atoms. The Morgan fingerprint density at radius 3 is 2.63 bits per heavy atom. The lowest BCUT2D eigenvalue weighted by Crippen LogP contribution is -2.17. The van der Waals surface area contributed by atoms with Crippen LogP contribution < -0.4 is 4.74 Å². The van der Waals surface area contributed by atoms with Gasteiger partial charge < -0.3 is 9.47 Å². The van der Waals surface area contributed by atoms with Crippen LogP contribution in [-0.4, -0.2) is 23.7 Å². The number of benzene rings is 2. The van der Waals surface area contributed by atoms with Crippen LogP contribution in [0, 0.1) is 10.1 Å². The number of nitrogens with zero attached hydrogens (tertiary/aromatic N) is 1. The molecule has 0 spiro atoms. The number of nitro benzene ring substituents is 1. The van der Waals surface area contributed by atoms with E-state index >= 15 is 0 Å². The van der Waals surface area contributed by atoms with Gasteiger partial charge in [0.25, 0.3) is 5.69 Å². The van der Waals surface area contributed by atoms with E-state index in [1.807, 2.05) is 19.1 Å². The molecule has 0 radical (unpaired) electrons. The average Bonchev–Trinajstić information content (AvgIpc) is 3.14. The fraction of sp³-hybridized carbons (Fsp3) is 0.286. The lowest BCUT2D eigenvalue weighted by molar-refractivity contribution is -0.383. The van der Waals surface area contributed by atoms with Gasteiger partial charge in [0.15, 0.2) is 0 Å². The molecule has 5 heteroatoms. The van der Waals surface area contributed by atoms with Gasteiger partial charge in [-0.1, -0.05) is 18.2 Å². The van der Waals surface area contributed by atoms with Gasteiger partial charge in [-0.05, 0) is 19.1 Å². The van der Waals surface area contributed by atoms with Gasteiger partial charge in [0, 0.05) is 11.5 Å². The van der Waals surface area contributed by atoms with E-state index in [0.717, 1.165) is 5.39 Å². The number of rotatable bonds is 4. The standard InChI is InChI=1S/C14H13NO4/c1-14(9-19-14)8-18-13-7-6-12(15(16)17)10-4-2-3-5-11(10)13/h2-7H,8-9H2,1H3. The first-order valence-corrected chi connectivity index (χ1v) is 6.02. The Bertz CT molecular complexity index is 649. The number of fused-ring (bicyclic) bond motifs is 1. The monoisotopic (exact) mass is 259 g/mol. The third kappa shape index (κ3) is 2.24. The molecule has 1 aliphatic heterocycles. The van der Waals surface area contributed by atoms with Crippen molar-refractivity contribution in [3.05, 3.63) is 46.5 Å². The average molecular weight is 259 g/mol. The summed E-state index contributed by atoms with van der Waals surface area (Å²) in [6, 6.07) is 10.3. The maximum absolute atomic E-state index is 11.0. The Labute approximate surface area is 109 Å². The molecule has 1 heterocycles. The van der Waals surface area contributed by atoms with Crippen molar-refractivity contribution in [3.8, 4) is 5.75 Å². The van der Waals surface area contributed by atoms with E-state index in [4.69, 9.17) is 9.47 Å². The second-order valence-corrected chi connectivity index (χ2v) is 4.91. The van der Waals surface area contributed by atoms with E-state index in [1.165, 1.54) is 6.07 Å². The normalized spacial score (nSPS) is 21.3. The Kier molecular flexibility index (Phi) is 2.64. The molecule has 98 valence electrons. The van der Waals surface area contributed by atoms with Crippen molar-refractivity contribution in [2.45, 2.75) is 12.5 Å². The summed E-state index contributed by atoms with van der Waals surface area (Å²) >= 11 is 0. The maximum atomic E-state index is 11.0. The van der Waals surface area contributed by atoms with Gasteiger partial charge in [-0.15, -0.1) is 0 Å². The van der Waals surface area contributed by atoms with Crippen molar-refractivity contribution < 1.29 is 14.4 Å². The minimum Gasteiger partial charge on any atom is -0.490 e. The molecule has 0 aromatic heterocycles. The summed E-state index contributed by atoms with van der Waals surface area (Å²) in [5.74, 6) is 0.651. The lowest BCUT2D eigenvalue weighted by Gasteiger charge is -2.11. The van der Waals surface area contributed by atoms with Crippen LogP contribution in [0.25, 0.3) is 10.8 Å². The molecular formula is C14H13NO4. The smallest absolute Gasteiger partial charge is 0.277 e. The summed E-state index contributed by atoms with van der Waals surface area (Å²) in [6.07, 6.45) is 0. The fourth-order valence-corrected chi connectivity index (χ4v) is 1.98. The second kappa shape index (κ2) is 4.20. The number of hydrogen-bond acceptors (Lipinski definition) is 4. The van der Waals surface area contributed by atoms with Gasteiger partial charge >= 0.3 is 0 Å². The van der Waals surface area contributed by atoms with Crippen molar-refractivity contribution >= 4 is 16.5 Å². The summed E-state index contributed by atoms with van der Waals surface area (Å²) in [7, 11) is 0. The molecule has 2 aromatic carbocycles. The molecule has 1 fully saturated rings. The molecule has 1 unspecified atom stereocenters. The van der Waals surface area contributed by atoms with Crippen LogP contribution in [0.4, 0.5) is 5.69 Å². The Balaban J connectivity index is 2.01. The van der Waals surface area contributed by atoms with Crippen LogP contribution in [0.5, 0.6) is 5.75 Å². The summed E-state index contributed by atoms with van der Waals surface area (Å²) in [4.78, 5) is 10.6. The van der Waals surface area contributed by atoms with Crippen molar-refractivity contribution in [1.82, 2.24) is 0 Å². The molecule has 5 nitrogen and oxygen atoms in total. The van der Waals surface area contributed by atoms with Crippen LogP contribution in [0.2, 0.25) is 0 Å². The molecule has 1 atom stereocenters. The van der Waals surface area contributed by atoms with E-state index in [0.29, 0.717) is 24.3 Å². The largest absolute Gasteiger partial charge is 0.490 e. The van der Waals surface area contributed by atoms with Gasteiger partial charge in [-0.25, -0.2) is 0 Å². The highest BCUT2D eigenvalue weighted by molar-refractivity contribution is 5.95.